The lowest BCUT2D eigenvalue weighted by Crippen LogP contribution is -2.39. The molecule has 1 saturated heterocycles. The Bertz CT molecular complexity index is 2180. The van der Waals surface area contributed by atoms with Crippen molar-refractivity contribution < 1.29 is 34.4 Å². The van der Waals surface area contributed by atoms with Gasteiger partial charge in [-0.25, -0.2) is 4.79 Å². The van der Waals surface area contributed by atoms with Gasteiger partial charge in [-0.15, -0.1) is 0 Å². The lowest BCUT2D eigenvalue weighted by atomic mass is 9.97. The highest BCUT2D eigenvalue weighted by Crippen LogP contribution is 2.29. The lowest BCUT2D eigenvalue weighted by molar-refractivity contribution is 0.0660. The molecule has 56 heavy (non-hydrogen) atoms. The number of carbonyl (C=O) groups is 3. The average molecular weight is 762 g/mol. The topological polar surface area (TPSA) is 185 Å². The second kappa shape index (κ2) is 18.4. The molecule has 6 N–H and O–H groups in total. The van der Waals surface area contributed by atoms with Gasteiger partial charge in [0, 0.05) is 55.8 Å². The molecule has 0 aliphatic carbocycles. The van der Waals surface area contributed by atoms with Crippen LogP contribution < -0.4 is 20.9 Å². The number of aromatic amines is 1. The van der Waals surface area contributed by atoms with Gasteiger partial charge in [-0.1, -0.05) is 48.5 Å². The Morgan fingerprint density at radius 3 is 2.36 bits per heavy atom. The summed E-state index contributed by atoms with van der Waals surface area (Å²) in [4.78, 5) is 55.7. The molecule has 2 atom stereocenters. The highest BCUT2D eigenvalue weighted by molar-refractivity contribution is 5.97. The third-order valence-corrected chi connectivity index (χ3v) is 10.2. The molecule has 292 valence electrons. The first kappa shape index (κ1) is 39.5. The normalized spacial score (nSPS) is 14.2. The fourth-order valence-electron chi connectivity index (χ4n) is 7.03. The molecule has 0 radical (unpaired) electrons. The van der Waals surface area contributed by atoms with Crippen LogP contribution in [-0.2, 0) is 0 Å². The standard InChI is InChI=1S/C43H47N5O8/c1-47(22-6-21-44-26-37(50)34-15-17-36(49)40-35(34)16-18-38(51)45-40)41(52)30-11-13-31(14-12-30)42(53)48-23-19-28(20-24-48)27-56-33-10-5-9-32(25-33)39(46-43(54)55)29-7-3-2-4-8-29/h2-5,7-18,25,28,37,39,44,46,49-50H,6,19-24,26-27H2,1H3,(H,45,51)(H,54,55)/t37-,39-/m0/s1. The number of rotatable bonds is 15. The monoisotopic (exact) mass is 761 g/mol. The zero-order valence-electron chi connectivity index (χ0n) is 31.2. The second-order valence-corrected chi connectivity index (χ2v) is 14.1. The molecular weight excluding hydrogens is 714 g/mol. The van der Waals surface area contributed by atoms with E-state index in [1.807, 2.05) is 59.5 Å². The average Bonchev–Trinajstić information content (AvgIpc) is 3.22. The van der Waals surface area contributed by atoms with E-state index in [2.05, 4.69) is 15.6 Å². The summed E-state index contributed by atoms with van der Waals surface area (Å²) in [7, 11) is 1.72. The number of phenols is 1. The van der Waals surface area contributed by atoms with E-state index in [1.165, 1.54) is 12.1 Å². The zero-order valence-corrected chi connectivity index (χ0v) is 31.2. The quantitative estimate of drug-likeness (QED) is 0.0770. The lowest BCUT2D eigenvalue weighted by Gasteiger charge is -2.32. The SMILES string of the molecule is CN(CCCNC[C@H](O)c1ccc(O)c2[nH]c(=O)ccc12)C(=O)c1ccc(C(=O)N2CCC(COc3cccc([C@@H](NC(=O)O)c4ccccc4)c3)CC2)cc1. The van der Waals surface area contributed by atoms with Crippen molar-refractivity contribution in [2.45, 2.75) is 31.4 Å². The number of nitrogens with zero attached hydrogens (tertiary/aromatic N) is 2. The molecule has 1 aromatic heterocycles. The molecule has 0 bridgehead atoms. The number of ether oxygens (including phenoxy) is 1. The predicted octanol–water partition coefficient (Wildman–Crippen LogP) is 5.31. The number of aromatic hydroxyl groups is 1. The van der Waals surface area contributed by atoms with E-state index in [0.717, 1.165) is 24.0 Å². The van der Waals surface area contributed by atoms with Crippen LogP contribution in [0.2, 0.25) is 0 Å². The van der Waals surface area contributed by atoms with Gasteiger partial charge in [0.05, 0.1) is 24.3 Å². The molecule has 13 nitrogen and oxygen atoms in total. The summed E-state index contributed by atoms with van der Waals surface area (Å²) in [5.74, 6) is 0.608. The van der Waals surface area contributed by atoms with E-state index < -0.39 is 18.2 Å². The number of hydrogen-bond donors (Lipinski definition) is 6. The van der Waals surface area contributed by atoms with E-state index in [9.17, 15) is 34.5 Å². The van der Waals surface area contributed by atoms with Gasteiger partial charge in [-0.05, 0) is 96.9 Å². The van der Waals surface area contributed by atoms with Crippen LogP contribution in [0.1, 0.15) is 68.8 Å². The summed E-state index contributed by atoms with van der Waals surface area (Å²) >= 11 is 0. The summed E-state index contributed by atoms with van der Waals surface area (Å²) in [5.41, 5.74) is 3.13. The Morgan fingerprint density at radius 2 is 1.62 bits per heavy atom. The van der Waals surface area contributed by atoms with Crippen molar-refractivity contribution in [1.29, 1.82) is 0 Å². The number of carboxylic acid groups (broad SMARTS) is 1. The second-order valence-electron chi connectivity index (χ2n) is 14.1. The van der Waals surface area contributed by atoms with Crippen molar-refractivity contribution in [2.75, 3.05) is 46.4 Å². The van der Waals surface area contributed by atoms with E-state index in [0.29, 0.717) is 67.0 Å². The van der Waals surface area contributed by atoms with Crippen molar-refractivity contribution in [3.8, 4) is 11.5 Å². The van der Waals surface area contributed by atoms with Gasteiger partial charge in [-0.3, -0.25) is 14.4 Å². The number of likely N-dealkylation sites (tertiary alicyclic amines) is 1. The molecule has 0 spiro atoms. The molecule has 1 fully saturated rings. The van der Waals surface area contributed by atoms with Crippen LogP contribution >= 0.6 is 0 Å². The number of benzene rings is 4. The molecule has 3 amide bonds. The third-order valence-electron chi connectivity index (χ3n) is 10.2. The number of piperidine rings is 1. The Hall–Kier alpha value is -6.18. The number of pyridine rings is 1. The van der Waals surface area contributed by atoms with Gasteiger partial charge >= 0.3 is 6.09 Å². The number of H-pyrrole nitrogens is 1. The van der Waals surface area contributed by atoms with Crippen LogP contribution in [0, 0.1) is 5.92 Å². The molecule has 1 aliphatic heterocycles. The van der Waals surface area contributed by atoms with Gasteiger partial charge < -0.3 is 45.5 Å². The van der Waals surface area contributed by atoms with Crippen molar-refractivity contribution >= 4 is 28.8 Å². The Kier molecular flexibility index (Phi) is 13.0. The molecule has 2 heterocycles. The van der Waals surface area contributed by atoms with Crippen LogP contribution in [0.5, 0.6) is 11.5 Å². The van der Waals surface area contributed by atoms with E-state index >= 15 is 0 Å². The van der Waals surface area contributed by atoms with Gasteiger partial charge in [0.25, 0.3) is 11.8 Å². The largest absolute Gasteiger partial charge is 0.506 e. The number of aliphatic hydroxyl groups is 1. The number of hydrogen-bond acceptors (Lipinski definition) is 8. The van der Waals surface area contributed by atoms with Gasteiger partial charge in [0.15, 0.2) is 0 Å². The van der Waals surface area contributed by atoms with Gasteiger partial charge in [-0.2, -0.15) is 0 Å². The maximum absolute atomic E-state index is 13.3. The molecule has 13 heteroatoms. The number of aliphatic hydroxyl groups excluding tert-OH is 1. The Balaban J connectivity index is 0.918. The smallest absolute Gasteiger partial charge is 0.405 e. The molecule has 5 aromatic rings. The molecular formula is C43H47N5O8. The van der Waals surface area contributed by atoms with Crippen molar-refractivity contribution in [1.82, 2.24) is 25.4 Å². The summed E-state index contributed by atoms with van der Waals surface area (Å²) in [6.45, 7) is 2.94. The minimum Gasteiger partial charge on any atom is -0.506 e. The highest BCUT2D eigenvalue weighted by Gasteiger charge is 2.25. The highest BCUT2D eigenvalue weighted by atomic mass is 16.5. The maximum atomic E-state index is 13.3. The summed E-state index contributed by atoms with van der Waals surface area (Å²) in [6.07, 6.45) is 0.221. The van der Waals surface area contributed by atoms with Crippen LogP contribution in [-0.4, -0.2) is 94.4 Å². The van der Waals surface area contributed by atoms with E-state index in [-0.39, 0.29) is 41.1 Å². The number of aromatic nitrogens is 1. The first-order valence-corrected chi connectivity index (χ1v) is 18.7. The maximum Gasteiger partial charge on any atom is 0.405 e. The number of amides is 3. The molecule has 4 aromatic carbocycles. The fourth-order valence-corrected chi connectivity index (χ4v) is 7.03. The fraction of sp³-hybridized carbons (Fsp3) is 0.302. The van der Waals surface area contributed by atoms with E-state index in [4.69, 9.17) is 4.74 Å². The van der Waals surface area contributed by atoms with Crippen molar-refractivity contribution in [2.24, 2.45) is 5.92 Å². The summed E-state index contributed by atoms with van der Waals surface area (Å²) < 4.78 is 6.15. The number of carbonyl (C=O) groups excluding carboxylic acids is 2. The van der Waals surface area contributed by atoms with Crippen molar-refractivity contribution in [3.05, 3.63) is 141 Å². The minimum absolute atomic E-state index is 0.0665. The first-order chi connectivity index (χ1) is 27.1. The van der Waals surface area contributed by atoms with Crippen LogP contribution in [0.25, 0.3) is 10.9 Å². The minimum atomic E-state index is -1.11. The van der Waals surface area contributed by atoms with Crippen LogP contribution in [0.3, 0.4) is 0 Å². The Labute approximate surface area is 324 Å². The van der Waals surface area contributed by atoms with E-state index in [1.54, 1.807) is 48.3 Å². The summed E-state index contributed by atoms with van der Waals surface area (Å²) in [5, 5.41) is 36.7. The van der Waals surface area contributed by atoms with Crippen LogP contribution in [0.4, 0.5) is 4.79 Å². The zero-order chi connectivity index (χ0) is 39.6. The summed E-state index contributed by atoms with van der Waals surface area (Å²) in [6, 6.07) is 29.0. The first-order valence-electron chi connectivity index (χ1n) is 18.7. The van der Waals surface area contributed by atoms with Gasteiger partial charge in [0.1, 0.15) is 11.5 Å². The van der Waals surface area contributed by atoms with Gasteiger partial charge in [0.2, 0.25) is 5.56 Å². The number of fused-ring (bicyclic) bond motifs is 1. The molecule has 6 rings (SSSR count). The molecule has 0 unspecified atom stereocenters. The Morgan fingerprint density at radius 1 is 0.911 bits per heavy atom. The number of phenolic OH excluding ortho intramolecular Hbond substituents is 1. The number of nitrogens with one attached hydrogen (secondary N) is 3. The molecule has 0 saturated carbocycles. The molecule has 1 aliphatic rings. The third kappa shape index (κ3) is 9.92. The predicted molar refractivity (Wildman–Crippen MR) is 212 cm³/mol. The van der Waals surface area contributed by atoms with Crippen molar-refractivity contribution in [3.63, 3.8) is 0 Å². The van der Waals surface area contributed by atoms with Crippen LogP contribution in [0.15, 0.2) is 108 Å².